The van der Waals surface area contributed by atoms with Crippen molar-refractivity contribution in [1.29, 1.82) is 0 Å². The van der Waals surface area contributed by atoms with E-state index in [2.05, 4.69) is 21.7 Å². The van der Waals surface area contributed by atoms with Crippen molar-refractivity contribution in [2.24, 2.45) is 0 Å². The van der Waals surface area contributed by atoms with Crippen molar-refractivity contribution in [3.8, 4) is 0 Å². The molecule has 1 saturated heterocycles. The molecule has 3 nitrogen and oxygen atoms in total. The minimum absolute atomic E-state index is 0.0345. The maximum absolute atomic E-state index is 12.1. The second-order valence-corrected chi connectivity index (χ2v) is 5.62. The van der Waals surface area contributed by atoms with Crippen LogP contribution in [0.25, 0.3) is 0 Å². The number of carbonyl (C=O) groups is 1. The van der Waals surface area contributed by atoms with E-state index in [9.17, 15) is 4.79 Å². The van der Waals surface area contributed by atoms with E-state index >= 15 is 0 Å². The molecule has 2 heterocycles. The van der Waals surface area contributed by atoms with E-state index in [1.165, 1.54) is 24.1 Å². The zero-order valence-corrected chi connectivity index (χ0v) is 10.2. The number of thiophene rings is 1. The lowest BCUT2D eigenvalue weighted by Gasteiger charge is -2.37. The molecule has 0 aromatic carbocycles. The van der Waals surface area contributed by atoms with Gasteiger partial charge in [-0.25, -0.2) is 0 Å². The first-order valence-corrected chi connectivity index (χ1v) is 6.77. The Hall–Kier alpha value is -0.870. The van der Waals surface area contributed by atoms with Gasteiger partial charge < -0.3 is 4.90 Å². The fraction of sp³-hybridized carbons (Fsp3) is 0.583. The molecule has 3 rings (SSSR count). The van der Waals surface area contributed by atoms with Crippen molar-refractivity contribution in [3.05, 3.63) is 22.4 Å². The molecule has 1 N–H and O–H groups in total. The van der Waals surface area contributed by atoms with E-state index in [4.69, 9.17) is 0 Å². The highest BCUT2D eigenvalue weighted by atomic mass is 32.1. The summed E-state index contributed by atoms with van der Waals surface area (Å²) in [6.45, 7) is 1.96. The molecule has 2 unspecified atom stereocenters. The van der Waals surface area contributed by atoms with Gasteiger partial charge in [-0.15, -0.1) is 11.3 Å². The SMILES string of the molecule is CC1NC(c2cccs2)N(C2CCC2)C1=O. The molecule has 1 aliphatic heterocycles. The van der Waals surface area contributed by atoms with Gasteiger partial charge in [-0.05, 0) is 37.6 Å². The lowest BCUT2D eigenvalue weighted by Crippen LogP contribution is -2.43. The topological polar surface area (TPSA) is 32.3 Å². The van der Waals surface area contributed by atoms with Gasteiger partial charge in [0.05, 0.1) is 6.04 Å². The van der Waals surface area contributed by atoms with Crippen LogP contribution in [0.4, 0.5) is 0 Å². The lowest BCUT2D eigenvalue weighted by atomic mass is 9.91. The van der Waals surface area contributed by atoms with E-state index < -0.39 is 0 Å². The van der Waals surface area contributed by atoms with Crippen LogP contribution in [0.15, 0.2) is 17.5 Å². The van der Waals surface area contributed by atoms with Gasteiger partial charge in [-0.2, -0.15) is 0 Å². The number of carbonyl (C=O) groups excluding carboxylic acids is 1. The Morgan fingerprint density at radius 3 is 2.88 bits per heavy atom. The zero-order chi connectivity index (χ0) is 11.1. The van der Waals surface area contributed by atoms with Crippen molar-refractivity contribution >= 4 is 17.2 Å². The Bertz CT molecular complexity index is 386. The molecule has 0 bridgehead atoms. The van der Waals surface area contributed by atoms with Crippen LogP contribution in [-0.2, 0) is 4.79 Å². The van der Waals surface area contributed by atoms with Crippen LogP contribution >= 0.6 is 11.3 Å². The molecule has 1 saturated carbocycles. The normalized spacial score (nSPS) is 30.8. The maximum atomic E-state index is 12.1. The van der Waals surface area contributed by atoms with Crippen molar-refractivity contribution in [2.45, 2.75) is 44.4 Å². The third-order valence-corrected chi connectivity index (χ3v) is 4.52. The predicted octanol–water partition coefficient (Wildman–Crippen LogP) is 2.12. The van der Waals surface area contributed by atoms with Crippen molar-refractivity contribution in [3.63, 3.8) is 0 Å². The summed E-state index contributed by atoms with van der Waals surface area (Å²) in [5, 5.41) is 5.46. The number of hydrogen-bond acceptors (Lipinski definition) is 3. The molecule has 2 fully saturated rings. The summed E-state index contributed by atoms with van der Waals surface area (Å²) in [5.74, 6) is 0.267. The highest BCUT2D eigenvalue weighted by molar-refractivity contribution is 7.10. The molecule has 2 atom stereocenters. The molecule has 1 aromatic heterocycles. The van der Waals surface area contributed by atoms with E-state index in [-0.39, 0.29) is 18.1 Å². The van der Waals surface area contributed by atoms with Crippen LogP contribution in [0.5, 0.6) is 0 Å². The smallest absolute Gasteiger partial charge is 0.241 e. The summed E-state index contributed by atoms with van der Waals surface area (Å²) in [6.07, 6.45) is 3.72. The molecule has 1 aliphatic carbocycles. The van der Waals surface area contributed by atoms with Gasteiger partial charge in [0.25, 0.3) is 0 Å². The van der Waals surface area contributed by atoms with Gasteiger partial charge in [0.1, 0.15) is 6.17 Å². The monoisotopic (exact) mass is 236 g/mol. The van der Waals surface area contributed by atoms with Gasteiger partial charge in [-0.3, -0.25) is 10.1 Å². The molecule has 2 aliphatic rings. The first-order valence-electron chi connectivity index (χ1n) is 5.89. The highest BCUT2D eigenvalue weighted by Gasteiger charge is 2.43. The molecule has 4 heteroatoms. The molecule has 86 valence electrons. The van der Waals surface area contributed by atoms with E-state index in [0.29, 0.717) is 6.04 Å². The Morgan fingerprint density at radius 1 is 1.50 bits per heavy atom. The third kappa shape index (κ3) is 1.48. The third-order valence-electron chi connectivity index (χ3n) is 3.59. The van der Waals surface area contributed by atoms with Crippen LogP contribution < -0.4 is 5.32 Å². The average molecular weight is 236 g/mol. The van der Waals surface area contributed by atoms with Gasteiger partial charge in [-0.1, -0.05) is 6.07 Å². The average Bonchev–Trinajstić information content (AvgIpc) is 2.78. The zero-order valence-electron chi connectivity index (χ0n) is 9.35. The van der Waals surface area contributed by atoms with Gasteiger partial charge in [0.15, 0.2) is 0 Å². The molecule has 0 radical (unpaired) electrons. The Balaban J connectivity index is 1.88. The predicted molar refractivity (Wildman–Crippen MR) is 64.1 cm³/mol. The summed E-state index contributed by atoms with van der Waals surface area (Å²) in [6, 6.07) is 4.60. The molecule has 1 aromatic rings. The van der Waals surface area contributed by atoms with Gasteiger partial charge >= 0.3 is 0 Å². The first kappa shape index (κ1) is 10.3. The fourth-order valence-electron chi connectivity index (χ4n) is 2.46. The Labute approximate surface area is 99.5 Å². The van der Waals surface area contributed by atoms with Gasteiger partial charge in [0, 0.05) is 10.9 Å². The fourth-order valence-corrected chi connectivity index (χ4v) is 3.24. The Morgan fingerprint density at radius 2 is 2.31 bits per heavy atom. The van der Waals surface area contributed by atoms with E-state index in [1.54, 1.807) is 11.3 Å². The number of nitrogens with one attached hydrogen (secondary N) is 1. The molecular formula is C12H16N2OS. The van der Waals surface area contributed by atoms with Crippen LogP contribution in [-0.4, -0.2) is 22.9 Å². The maximum Gasteiger partial charge on any atom is 0.241 e. The van der Waals surface area contributed by atoms with E-state index in [1.807, 2.05) is 13.0 Å². The minimum Gasteiger partial charge on any atom is -0.318 e. The van der Waals surface area contributed by atoms with Crippen molar-refractivity contribution in [1.82, 2.24) is 10.2 Å². The summed E-state index contributed by atoms with van der Waals surface area (Å²) in [5.41, 5.74) is 0. The Kier molecular flexibility index (Phi) is 2.48. The summed E-state index contributed by atoms with van der Waals surface area (Å²) in [4.78, 5) is 15.4. The number of nitrogens with zero attached hydrogens (tertiary/aromatic N) is 1. The molecule has 16 heavy (non-hydrogen) atoms. The number of hydrogen-bond donors (Lipinski definition) is 1. The number of amides is 1. The van der Waals surface area contributed by atoms with Crippen LogP contribution in [0.3, 0.4) is 0 Å². The van der Waals surface area contributed by atoms with E-state index in [0.717, 1.165) is 0 Å². The van der Waals surface area contributed by atoms with Crippen LogP contribution in [0, 0.1) is 0 Å². The molecular weight excluding hydrogens is 220 g/mol. The highest BCUT2D eigenvalue weighted by Crippen LogP contribution is 2.36. The van der Waals surface area contributed by atoms with Crippen LogP contribution in [0.1, 0.15) is 37.2 Å². The molecule has 0 spiro atoms. The summed E-state index contributed by atoms with van der Waals surface area (Å²) >= 11 is 1.72. The standard InChI is InChI=1S/C12H16N2OS/c1-8-12(15)14(9-4-2-5-9)11(13-8)10-6-3-7-16-10/h3,6-9,11,13H,2,4-5H2,1H3. The second-order valence-electron chi connectivity index (χ2n) is 4.64. The largest absolute Gasteiger partial charge is 0.318 e. The van der Waals surface area contributed by atoms with Gasteiger partial charge in [0.2, 0.25) is 5.91 Å². The summed E-state index contributed by atoms with van der Waals surface area (Å²) < 4.78 is 0. The molecule has 1 amide bonds. The first-order chi connectivity index (χ1) is 7.77. The quantitative estimate of drug-likeness (QED) is 0.853. The van der Waals surface area contributed by atoms with Crippen molar-refractivity contribution < 1.29 is 4.79 Å². The van der Waals surface area contributed by atoms with Crippen LogP contribution in [0.2, 0.25) is 0 Å². The minimum atomic E-state index is -0.0345. The second kappa shape index (κ2) is 3.86. The van der Waals surface area contributed by atoms with Crippen molar-refractivity contribution in [2.75, 3.05) is 0 Å². The lowest BCUT2D eigenvalue weighted by molar-refractivity contribution is -0.133. The summed E-state index contributed by atoms with van der Waals surface area (Å²) in [7, 11) is 0. The number of rotatable bonds is 2.